The van der Waals surface area contributed by atoms with Crippen LogP contribution in [0.3, 0.4) is 0 Å². The zero-order chi connectivity index (χ0) is 21.1. The smallest absolute Gasteiger partial charge is 0.255 e. The van der Waals surface area contributed by atoms with Crippen LogP contribution in [-0.4, -0.2) is 43.4 Å². The fraction of sp³-hybridized carbons (Fsp3) is 0.318. The number of nitrogens with zero attached hydrogens (tertiary/aromatic N) is 5. The van der Waals surface area contributed by atoms with Gasteiger partial charge in [-0.2, -0.15) is 0 Å². The lowest BCUT2D eigenvalue weighted by atomic mass is 9.94. The normalized spacial score (nSPS) is 16.3. The molecule has 1 saturated heterocycles. The Morgan fingerprint density at radius 3 is 2.80 bits per heavy atom. The molecular formula is C22H24N6O2. The summed E-state index contributed by atoms with van der Waals surface area (Å²) in [5, 5.41) is 3.14. The summed E-state index contributed by atoms with van der Waals surface area (Å²) in [4.78, 5) is 39.7. The van der Waals surface area contributed by atoms with Crippen LogP contribution in [0.4, 0.5) is 11.8 Å². The fourth-order valence-corrected chi connectivity index (χ4v) is 3.62. The second kappa shape index (κ2) is 8.44. The molecule has 4 rings (SSSR count). The summed E-state index contributed by atoms with van der Waals surface area (Å²) < 4.78 is 1.43. The summed E-state index contributed by atoms with van der Waals surface area (Å²) in [7, 11) is 1.65. The Bertz CT molecular complexity index is 1110. The number of nitrogens with one attached hydrogen (secondary N) is 1. The molecule has 154 valence electrons. The van der Waals surface area contributed by atoms with Crippen LogP contribution in [0.15, 0.2) is 53.7 Å². The van der Waals surface area contributed by atoms with E-state index in [2.05, 4.69) is 20.3 Å². The molecule has 0 saturated carbocycles. The highest BCUT2D eigenvalue weighted by Crippen LogP contribution is 2.27. The number of aryl methyl sites for hydroxylation is 2. The van der Waals surface area contributed by atoms with Crippen molar-refractivity contribution < 1.29 is 4.79 Å². The second-order valence-electron chi connectivity index (χ2n) is 7.61. The van der Waals surface area contributed by atoms with E-state index in [1.54, 1.807) is 31.7 Å². The van der Waals surface area contributed by atoms with Crippen LogP contribution < -0.4 is 10.9 Å². The third-order valence-corrected chi connectivity index (χ3v) is 5.29. The minimum absolute atomic E-state index is 0.0634. The number of hydrogen-bond acceptors (Lipinski definition) is 6. The summed E-state index contributed by atoms with van der Waals surface area (Å²) in [5.41, 5.74) is 2.37. The Morgan fingerprint density at radius 1 is 1.17 bits per heavy atom. The van der Waals surface area contributed by atoms with Crippen molar-refractivity contribution in [3.8, 4) is 0 Å². The lowest BCUT2D eigenvalue weighted by Crippen LogP contribution is -2.39. The summed E-state index contributed by atoms with van der Waals surface area (Å²) in [6, 6.07) is 8.78. The van der Waals surface area contributed by atoms with Crippen molar-refractivity contribution in [1.82, 2.24) is 24.4 Å². The van der Waals surface area contributed by atoms with E-state index in [9.17, 15) is 9.59 Å². The molecule has 1 aliphatic rings. The Balaban J connectivity index is 1.49. The third-order valence-electron chi connectivity index (χ3n) is 5.29. The van der Waals surface area contributed by atoms with E-state index in [4.69, 9.17) is 0 Å². The Labute approximate surface area is 174 Å². The van der Waals surface area contributed by atoms with Crippen LogP contribution in [-0.2, 0) is 7.05 Å². The zero-order valence-electron chi connectivity index (χ0n) is 17.1. The number of aromatic nitrogens is 4. The summed E-state index contributed by atoms with van der Waals surface area (Å²) in [6.45, 7) is 3.27. The average Bonchev–Trinajstić information content (AvgIpc) is 2.77. The largest absolute Gasteiger partial charge is 0.338 e. The Hall–Kier alpha value is -3.55. The molecule has 1 N–H and O–H groups in total. The van der Waals surface area contributed by atoms with Crippen LogP contribution >= 0.6 is 0 Å². The van der Waals surface area contributed by atoms with Gasteiger partial charge in [-0.05, 0) is 43.5 Å². The van der Waals surface area contributed by atoms with Crippen molar-refractivity contribution in [1.29, 1.82) is 0 Å². The molecule has 30 heavy (non-hydrogen) atoms. The molecular weight excluding hydrogens is 380 g/mol. The lowest BCUT2D eigenvalue weighted by molar-refractivity contribution is 0.0705. The van der Waals surface area contributed by atoms with Crippen LogP contribution in [0.25, 0.3) is 0 Å². The van der Waals surface area contributed by atoms with E-state index >= 15 is 0 Å². The van der Waals surface area contributed by atoms with Gasteiger partial charge in [0.15, 0.2) is 0 Å². The van der Waals surface area contributed by atoms with Gasteiger partial charge in [-0.1, -0.05) is 6.07 Å². The number of piperidine rings is 1. The molecule has 4 heterocycles. The Morgan fingerprint density at radius 2 is 2.03 bits per heavy atom. The van der Waals surface area contributed by atoms with Gasteiger partial charge >= 0.3 is 0 Å². The predicted molar refractivity (Wildman–Crippen MR) is 114 cm³/mol. The molecule has 0 aliphatic carbocycles. The minimum Gasteiger partial charge on any atom is -0.338 e. The fourth-order valence-electron chi connectivity index (χ4n) is 3.62. The number of likely N-dealkylation sites (tertiary alicyclic amines) is 1. The van der Waals surface area contributed by atoms with Crippen molar-refractivity contribution >= 4 is 17.7 Å². The van der Waals surface area contributed by atoms with Gasteiger partial charge in [0.2, 0.25) is 11.5 Å². The van der Waals surface area contributed by atoms with Gasteiger partial charge in [0, 0.05) is 50.7 Å². The minimum atomic E-state index is -0.132. The van der Waals surface area contributed by atoms with Crippen LogP contribution in [0.2, 0.25) is 0 Å². The molecule has 8 nitrogen and oxygen atoms in total. The number of anilines is 2. The van der Waals surface area contributed by atoms with Gasteiger partial charge in [-0.15, -0.1) is 0 Å². The zero-order valence-corrected chi connectivity index (χ0v) is 17.1. The first-order valence-electron chi connectivity index (χ1n) is 9.98. The van der Waals surface area contributed by atoms with Crippen molar-refractivity contribution in [2.75, 3.05) is 18.4 Å². The quantitative estimate of drug-likeness (QED) is 0.719. The first-order valence-corrected chi connectivity index (χ1v) is 9.98. The van der Waals surface area contributed by atoms with Gasteiger partial charge < -0.3 is 14.8 Å². The molecule has 1 fully saturated rings. The summed E-state index contributed by atoms with van der Waals surface area (Å²) >= 11 is 0. The topological polar surface area (TPSA) is 93.0 Å². The molecule has 3 aromatic heterocycles. The van der Waals surface area contributed by atoms with E-state index in [1.165, 1.54) is 10.6 Å². The number of pyridine rings is 2. The molecule has 0 unspecified atom stereocenters. The van der Waals surface area contributed by atoms with Crippen molar-refractivity contribution in [2.45, 2.75) is 25.7 Å². The van der Waals surface area contributed by atoms with Crippen molar-refractivity contribution in [3.05, 3.63) is 76.1 Å². The third kappa shape index (κ3) is 4.37. The van der Waals surface area contributed by atoms with Gasteiger partial charge in [0.05, 0.1) is 11.3 Å². The summed E-state index contributed by atoms with van der Waals surface area (Å²) in [5.74, 6) is 1.24. The molecule has 0 spiro atoms. The second-order valence-corrected chi connectivity index (χ2v) is 7.61. The SMILES string of the molecule is Cc1ccc(Nc2nccc([C@@H]3CCCN(C(=O)c4ccc(=O)n(C)c4)C3)n2)nc1. The van der Waals surface area contributed by atoms with Gasteiger partial charge in [-0.25, -0.2) is 15.0 Å². The van der Waals surface area contributed by atoms with E-state index in [0.29, 0.717) is 30.4 Å². The van der Waals surface area contributed by atoms with E-state index in [-0.39, 0.29) is 17.4 Å². The maximum atomic E-state index is 12.9. The number of carbonyl (C=O) groups excluding carboxylic acids is 1. The molecule has 0 radical (unpaired) electrons. The monoisotopic (exact) mass is 404 g/mol. The number of rotatable bonds is 4. The maximum Gasteiger partial charge on any atom is 0.255 e. The highest BCUT2D eigenvalue weighted by atomic mass is 16.2. The van der Waals surface area contributed by atoms with Gasteiger partial charge in [0.25, 0.3) is 5.91 Å². The lowest BCUT2D eigenvalue weighted by Gasteiger charge is -2.32. The van der Waals surface area contributed by atoms with Crippen LogP contribution in [0.1, 0.15) is 40.4 Å². The average molecular weight is 404 g/mol. The molecule has 1 atom stereocenters. The van der Waals surface area contributed by atoms with Crippen LogP contribution in [0, 0.1) is 6.92 Å². The Kier molecular flexibility index (Phi) is 5.56. The number of carbonyl (C=O) groups is 1. The van der Waals surface area contributed by atoms with Crippen LogP contribution in [0.5, 0.6) is 0 Å². The number of amides is 1. The predicted octanol–water partition coefficient (Wildman–Crippen LogP) is 2.64. The van der Waals surface area contributed by atoms with Gasteiger partial charge in [0.1, 0.15) is 5.82 Å². The van der Waals surface area contributed by atoms with E-state index in [1.807, 2.05) is 30.0 Å². The molecule has 3 aromatic rings. The number of hydrogen-bond donors (Lipinski definition) is 1. The first kappa shape index (κ1) is 19.8. The molecule has 1 amide bonds. The maximum absolute atomic E-state index is 12.9. The first-order chi connectivity index (χ1) is 14.5. The van der Waals surface area contributed by atoms with Gasteiger partial charge in [-0.3, -0.25) is 9.59 Å². The molecule has 8 heteroatoms. The van der Waals surface area contributed by atoms with Crippen molar-refractivity contribution in [3.63, 3.8) is 0 Å². The van der Waals surface area contributed by atoms with Crippen molar-refractivity contribution in [2.24, 2.45) is 7.05 Å². The molecule has 0 bridgehead atoms. The summed E-state index contributed by atoms with van der Waals surface area (Å²) in [6.07, 6.45) is 6.96. The standard InChI is InChI=1S/C22H24N6O2/c1-15-5-7-19(24-12-15)26-22-23-10-9-18(25-22)16-4-3-11-28(14-16)21(30)17-6-8-20(29)27(2)13-17/h5-10,12-13,16H,3-4,11,14H2,1-2H3,(H,23,24,25,26)/t16-/m1/s1. The van der Waals surface area contributed by atoms with E-state index in [0.717, 1.165) is 24.1 Å². The molecule has 0 aromatic carbocycles. The highest BCUT2D eigenvalue weighted by Gasteiger charge is 2.26. The van der Waals surface area contributed by atoms with E-state index < -0.39 is 0 Å². The highest BCUT2D eigenvalue weighted by molar-refractivity contribution is 5.94. The molecule has 1 aliphatic heterocycles.